The van der Waals surface area contributed by atoms with Crippen LogP contribution in [0.25, 0.3) is 17.3 Å². The number of carbonyl (C=O) groups is 1. The van der Waals surface area contributed by atoms with Crippen molar-refractivity contribution in [3.8, 4) is 17.3 Å². The van der Waals surface area contributed by atoms with E-state index in [1.165, 1.54) is 23.1 Å². The topological polar surface area (TPSA) is 86.3 Å². The van der Waals surface area contributed by atoms with Gasteiger partial charge in [0.25, 0.3) is 5.91 Å². The number of aromatic nitrogens is 4. The first-order valence-electron chi connectivity index (χ1n) is 10.9. The molecule has 1 saturated heterocycles. The van der Waals surface area contributed by atoms with Crippen LogP contribution in [0, 0.1) is 0 Å². The number of morpholine rings is 1. The summed E-state index contributed by atoms with van der Waals surface area (Å²) in [6.45, 7) is 5.06. The Morgan fingerprint density at radius 1 is 1.20 bits per heavy atom. The van der Waals surface area contributed by atoms with Crippen molar-refractivity contribution in [1.82, 2.24) is 24.6 Å². The number of hydrogen-bond donors (Lipinski definition) is 0. The highest BCUT2D eigenvalue weighted by Crippen LogP contribution is 2.34. The van der Waals surface area contributed by atoms with Crippen molar-refractivity contribution in [2.24, 2.45) is 0 Å². The molecule has 4 heterocycles. The summed E-state index contributed by atoms with van der Waals surface area (Å²) < 4.78 is 13.1. The fourth-order valence-corrected chi connectivity index (χ4v) is 6.14. The second-order valence-corrected chi connectivity index (χ2v) is 10.8. The first-order valence-corrected chi connectivity index (χ1v) is 13.5. The smallest absolute Gasteiger partial charge is 0.273 e. The lowest BCUT2D eigenvalue weighted by Crippen LogP contribution is -2.48. The van der Waals surface area contributed by atoms with E-state index in [1.54, 1.807) is 34.7 Å². The highest BCUT2D eigenvalue weighted by Gasteiger charge is 2.28. The van der Waals surface area contributed by atoms with Crippen LogP contribution >= 0.6 is 46.3 Å². The van der Waals surface area contributed by atoms with Gasteiger partial charge in [-0.3, -0.25) is 9.36 Å². The third-order valence-corrected chi connectivity index (χ3v) is 7.84. The minimum Gasteiger partial charge on any atom is -0.461 e. The van der Waals surface area contributed by atoms with Gasteiger partial charge in [-0.1, -0.05) is 35.0 Å². The molecule has 3 aromatic heterocycles. The molecule has 1 amide bonds. The van der Waals surface area contributed by atoms with Gasteiger partial charge in [0.2, 0.25) is 5.82 Å². The van der Waals surface area contributed by atoms with Crippen LogP contribution in [-0.4, -0.2) is 55.9 Å². The maximum absolute atomic E-state index is 13.0. The van der Waals surface area contributed by atoms with E-state index in [9.17, 15) is 4.79 Å². The molecule has 1 aromatic carbocycles. The minimum absolute atomic E-state index is 0.00534. The predicted molar refractivity (Wildman–Crippen MR) is 137 cm³/mol. The van der Waals surface area contributed by atoms with Crippen molar-refractivity contribution in [3.63, 3.8) is 0 Å². The van der Waals surface area contributed by atoms with Gasteiger partial charge < -0.3 is 14.1 Å². The van der Waals surface area contributed by atoms with Gasteiger partial charge in [0.15, 0.2) is 10.9 Å². The van der Waals surface area contributed by atoms with Crippen molar-refractivity contribution in [2.75, 3.05) is 13.1 Å². The highest BCUT2D eigenvalue weighted by atomic mass is 35.5. The van der Waals surface area contributed by atoms with Crippen LogP contribution in [0.1, 0.15) is 29.3 Å². The monoisotopic (exact) mass is 549 g/mol. The van der Waals surface area contributed by atoms with Crippen molar-refractivity contribution in [3.05, 3.63) is 62.7 Å². The molecular formula is C23H21Cl2N5O3S2. The highest BCUT2D eigenvalue weighted by molar-refractivity contribution is 7.98. The van der Waals surface area contributed by atoms with Gasteiger partial charge in [-0.2, -0.15) is 0 Å². The molecule has 0 N–H and O–H groups in total. The fourth-order valence-electron chi connectivity index (χ4n) is 3.92. The van der Waals surface area contributed by atoms with Gasteiger partial charge >= 0.3 is 0 Å². The van der Waals surface area contributed by atoms with E-state index in [0.29, 0.717) is 57.0 Å². The lowest BCUT2D eigenvalue weighted by atomic mass is 10.2. The Balaban J connectivity index is 1.37. The molecule has 182 valence electrons. The number of amides is 1. The first-order chi connectivity index (χ1) is 16.9. The number of rotatable bonds is 6. The van der Waals surface area contributed by atoms with Crippen molar-refractivity contribution >= 4 is 52.2 Å². The molecule has 0 spiro atoms. The number of benzene rings is 1. The number of hydrogen-bond acceptors (Lipinski definition) is 8. The second-order valence-electron chi connectivity index (χ2n) is 8.10. The zero-order valence-electron chi connectivity index (χ0n) is 18.9. The van der Waals surface area contributed by atoms with Crippen molar-refractivity contribution in [1.29, 1.82) is 0 Å². The number of furan rings is 1. The SMILES string of the molecule is CC1CN(C(=O)c2csc(CSc3nnc(-c4ccco4)n3-c3ccc(Cl)cc3Cl)n2)CC(C)O1. The number of nitrogens with zero attached hydrogens (tertiary/aromatic N) is 5. The van der Waals surface area contributed by atoms with Crippen molar-refractivity contribution < 1.29 is 13.9 Å². The summed E-state index contributed by atoms with van der Waals surface area (Å²) in [6.07, 6.45) is 1.59. The van der Waals surface area contributed by atoms with E-state index >= 15 is 0 Å². The van der Waals surface area contributed by atoms with Gasteiger partial charge in [0.05, 0.1) is 34.9 Å². The van der Waals surface area contributed by atoms with E-state index in [0.717, 1.165) is 5.01 Å². The second kappa shape index (κ2) is 10.3. The zero-order chi connectivity index (χ0) is 24.5. The predicted octanol–water partition coefficient (Wildman–Crippen LogP) is 5.83. The molecule has 0 radical (unpaired) electrons. The van der Waals surface area contributed by atoms with Crippen LogP contribution in [0.4, 0.5) is 0 Å². The number of ether oxygens (including phenoxy) is 1. The summed E-state index contributed by atoms with van der Waals surface area (Å²) in [7, 11) is 0. The molecular weight excluding hydrogens is 529 g/mol. The molecule has 4 aromatic rings. The van der Waals surface area contributed by atoms with Gasteiger partial charge in [0.1, 0.15) is 10.7 Å². The van der Waals surface area contributed by atoms with E-state index < -0.39 is 0 Å². The summed E-state index contributed by atoms with van der Waals surface area (Å²) in [5.41, 5.74) is 1.13. The molecule has 0 bridgehead atoms. The number of thiazole rings is 1. The lowest BCUT2D eigenvalue weighted by Gasteiger charge is -2.34. The van der Waals surface area contributed by atoms with Crippen LogP contribution in [0.15, 0.2) is 51.5 Å². The summed E-state index contributed by atoms with van der Waals surface area (Å²) in [4.78, 5) is 19.4. The molecule has 8 nitrogen and oxygen atoms in total. The van der Waals surface area contributed by atoms with E-state index in [1.807, 2.05) is 30.5 Å². The third-order valence-electron chi connectivity index (χ3n) is 5.33. The Morgan fingerprint density at radius 3 is 2.71 bits per heavy atom. The van der Waals surface area contributed by atoms with Crippen molar-refractivity contribution in [2.45, 2.75) is 37.0 Å². The summed E-state index contributed by atoms with van der Waals surface area (Å²) in [5, 5.41) is 12.9. The Kier molecular flexibility index (Phi) is 7.17. The Morgan fingerprint density at radius 2 is 2.00 bits per heavy atom. The van der Waals surface area contributed by atoms with Gasteiger partial charge in [0, 0.05) is 23.5 Å². The molecule has 2 unspecified atom stereocenters. The van der Waals surface area contributed by atoms with E-state index in [4.69, 9.17) is 32.4 Å². The standard InChI is InChI=1S/C23H21Cl2N5O3S2/c1-13-9-29(10-14(2)33-13)22(31)17-11-34-20(26-17)12-35-23-28-27-21(19-4-3-7-32-19)30(23)18-6-5-15(24)8-16(18)25/h3-8,11,13-14H,9-10,12H2,1-2H3. The molecule has 1 fully saturated rings. The Bertz CT molecular complexity index is 1330. The summed E-state index contributed by atoms with van der Waals surface area (Å²) in [6, 6.07) is 8.84. The van der Waals surface area contributed by atoms with Gasteiger partial charge in [-0.15, -0.1) is 21.5 Å². The number of halogens is 2. The van der Waals surface area contributed by atoms with Crippen LogP contribution in [0.3, 0.4) is 0 Å². The first kappa shape index (κ1) is 24.3. The number of carbonyl (C=O) groups excluding carboxylic acids is 1. The maximum atomic E-state index is 13.0. The quantitative estimate of drug-likeness (QED) is 0.279. The molecule has 2 atom stereocenters. The van der Waals surface area contributed by atoms with Crippen LogP contribution in [0.5, 0.6) is 0 Å². The lowest BCUT2D eigenvalue weighted by molar-refractivity contribution is -0.0587. The molecule has 1 aliphatic heterocycles. The Labute approximate surface area is 220 Å². The number of thioether (sulfide) groups is 1. The Hall–Kier alpha value is -2.37. The van der Waals surface area contributed by atoms with Gasteiger partial charge in [-0.05, 0) is 44.2 Å². The average molecular weight is 550 g/mol. The largest absolute Gasteiger partial charge is 0.461 e. The van der Waals surface area contributed by atoms with Gasteiger partial charge in [-0.25, -0.2) is 4.98 Å². The van der Waals surface area contributed by atoms with E-state index in [-0.39, 0.29) is 18.1 Å². The fraction of sp³-hybridized carbons (Fsp3) is 0.304. The zero-order valence-corrected chi connectivity index (χ0v) is 22.0. The molecule has 1 aliphatic rings. The van der Waals surface area contributed by atoms with Crippen LogP contribution < -0.4 is 0 Å². The average Bonchev–Trinajstić information content (AvgIpc) is 3.57. The summed E-state index contributed by atoms with van der Waals surface area (Å²) >= 11 is 15.5. The molecule has 0 saturated carbocycles. The molecule has 0 aliphatic carbocycles. The maximum Gasteiger partial charge on any atom is 0.273 e. The third kappa shape index (κ3) is 5.26. The summed E-state index contributed by atoms with van der Waals surface area (Å²) in [5.74, 6) is 1.52. The normalized spacial score (nSPS) is 18.2. The molecule has 12 heteroatoms. The minimum atomic E-state index is -0.0734. The van der Waals surface area contributed by atoms with Crippen LogP contribution in [0.2, 0.25) is 10.0 Å². The van der Waals surface area contributed by atoms with E-state index in [2.05, 4.69) is 15.2 Å². The molecule has 5 rings (SSSR count). The van der Waals surface area contributed by atoms with Crippen LogP contribution in [-0.2, 0) is 10.5 Å². The molecule has 35 heavy (non-hydrogen) atoms.